The molecular formula is C18H17ClN2O3. The van der Waals surface area contributed by atoms with E-state index < -0.39 is 0 Å². The molecule has 0 unspecified atom stereocenters. The zero-order chi connectivity index (χ0) is 16.8. The van der Waals surface area contributed by atoms with Gasteiger partial charge in [0.05, 0.1) is 42.0 Å². The summed E-state index contributed by atoms with van der Waals surface area (Å²) >= 11 is 6.00. The van der Waals surface area contributed by atoms with E-state index in [2.05, 4.69) is 4.98 Å². The first kappa shape index (κ1) is 16.5. The normalized spacial score (nSPS) is 10.9. The van der Waals surface area contributed by atoms with Gasteiger partial charge in [0.15, 0.2) is 0 Å². The minimum Gasteiger partial charge on any atom is -0.490 e. The summed E-state index contributed by atoms with van der Waals surface area (Å²) in [6.45, 7) is 1.67. The molecule has 124 valence electrons. The fourth-order valence-electron chi connectivity index (χ4n) is 2.30. The average molecular weight is 345 g/mol. The van der Waals surface area contributed by atoms with E-state index in [1.807, 2.05) is 36.4 Å². The molecule has 3 rings (SSSR count). The average Bonchev–Trinajstić information content (AvgIpc) is 2.61. The minimum absolute atomic E-state index is 0.0588. The summed E-state index contributed by atoms with van der Waals surface area (Å²) in [5.41, 5.74) is 0.643. The highest BCUT2D eigenvalue weighted by molar-refractivity contribution is 6.32. The number of aromatic nitrogens is 2. The molecule has 0 aliphatic carbocycles. The van der Waals surface area contributed by atoms with Crippen molar-refractivity contribution < 1.29 is 9.47 Å². The Morgan fingerprint density at radius 2 is 1.79 bits per heavy atom. The Bertz CT molecular complexity index is 879. The van der Waals surface area contributed by atoms with E-state index in [-0.39, 0.29) is 5.56 Å². The van der Waals surface area contributed by atoms with Crippen LogP contribution >= 0.6 is 11.6 Å². The standard InChI is InChI=1S/C18H17ClN2O3/c19-15-6-2-4-8-17(15)24-12-11-23-10-9-21-13-20-16-7-3-1-5-14(16)18(21)22/h1-8,13H,9-12H2. The van der Waals surface area contributed by atoms with Crippen molar-refractivity contribution in [3.63, 3.8) is 0 Å². The van der Waals surface area contributed by atoms with Crippen LogP contribution in [0.5, 0.6) is 5.75 Å². The van der Waals surface area contributed by atoms with Gasteiger partial charge in [-0.1, -0.05) is 35.9 Å². The van der Waals surface area contributed by atoms with Gasteiger partial charge in [0.25, 0.3) is 5.56 Å². The van der Waals surface area contributed by atoms with E-state index in [1.165, 1.54) is 0 Å². The first-order valence-corrected chi connectivity index (χ1v) is 8.03. The summed E-state index contributed by atoms with van der Waals surface area (Å²) in [7, 11) is 0. The van der Waals surface area contributed by atoms with Crippen molar-refractivity contribution >= 4 is 22.5 Å². The summed E-state index contributed by atoms with van der Waals surface area (Å²) in [6.07, 6.45) is 1.55. The second-order valence-electron chi connectivity index (χ2n) is 5.15. The molecule has 1 heterocycles. The molecule has 5 nitrogen and oxygen atoms in total. The van der Waals surface area contributed by atoms with Crippen LogP contribution in [0, 0.1) is 0 Å². The number of para-hydroxylation sites is 2. The predicted molar refractivity (Wildman–Crippen MR) is 93.8 cm³/mol. The second kappa shape index (κ2) is 7.95. The molecule has 6 heteroatoms. The van der Waals surface area contributed by atoms with Gasteiger partial charge in [0.2, 0.25) is 0 Å². The van der Waals surface area contributed by atoms with Gasteiger partial charge in [-0.05, 0) is 24.3 Å². The summed E-state index contributed by atoms with van der Waals surface area (Å²) in [5.74, 6) is 0.637. The van der Waals surface area contributed by atoms with Gasteiger partial charge in [-0.2, -0.15) is 0 Å². The lowest BCUT2D eigenvalue weighted by molar-refractivity contribution is 0.0938. The van der Waals surface area contributed by atoms with Crippen LogP contribution in [-0.4, -0.2) is 29.4 Å². The van der Waals surface area contributed by atoms with Gasteiger partial charge in [0, 0.05) is 0 Å². The number of nitrogens with zero attached hydrogens (tertiary/aromatic N) is 2. The van der Waals surface area contributed by atoms with Crippen molar-refractivity contribution in [2.24, 2.45) is 0 Å². The lowest BCUT2D eigenvalue weighted by Crippen LogP contribution is -2.23. The van der Waals surface area contributed by atoms with Crippen LogP contribution in [-0.2, 0) is 11.3 Å². The fourth-order valence-corrected chi connectivity index (χ4v) is 2.49. The summed E-state index contributed by atoms with van der Waals surface area (Å²) in [6, 6.07) is 14.6. The van der Waals surface area contributed by atoms with Gasteiger partial charge >= 0.3 is 0 Å². The number of halogens is 1. The predicted octanol–water partition coefficient (Wildman–Crippen LogP) is 3.15. The fraction of sp³-hybridized carbons (Fsp3) is 0.222. The molecule has 0 fully saturated rings. The SMILES string of the molecule is O=c1c2ccccc2ncn1CCOCCOc1ccccc1Cl. The number of rotatable bonds is 7. The van der Waals surface area contributed by atoms with Crippen LogP contribution in [0.3, 0.4) is 0 Å². The maximum absolute atomic E-state index is 12.3. The van der Waals surface area contributed by atoms with E-state index in [0.29, 0.717) is 48.0 Å². The molecule has 0 aliphatic heterocycles. The Kier molecular flexibility index (Phi) is 5.46. The molecule has 0 saturated carbocycles. The number of fused-ring (bicyclic) bond motifs is 1. The Hall–Kier alpha value is -2.37. The molecule has 0 bridgehead atoms. The molecule has 0 aliphatic rings. The lowest BCUT2D eigenvalue weighted by atomic mass is 10.2. The molecular weight excluding hydrogens is 328 g/mol. The van der Waals surface area contributed by atoms with Crippen molar-refractivity contribution in [2.45, 2.75) is 6.54 Å². The Morgan fingerprint density at radius 1 is 1.00 bits per heavy atom. The van der Waals surface area contributed by atoms with Crippen LogP contribution in [0.1, 0.15) is 0 Å². The van der Waals surface area contributed by atoms with Crippen molar-refractivity contribution in [1.29, 1.82) is 0 Å². The molecule has 0 radical (unpaired) electrons. The summed E-state index contributed by atoms with van der Waals surface area (Å²) in [5, 5.41) is 1.19. The van der Waals surface area contributed by atoms with Crippen molar-refractivity contribution in [1.82, 2.24) is 9.55 Å². The monoisotopic (exact) mass is 344 g/mol. The molecule has 0 amide bonds. The quantitative estimate of drug-likeness (QED) is 0.618. The zero-order valence-corrected chi connectivity index (χ0v) is 13.8. The highest BCUT2D eigenvalue weighted by Gasteiger charge is 2.03. The molecule has 2 aromatic carbocycles. The van der Waals surface area contributed by atoms with Crippen molar-refractivity contribution in [2.75, 3.05) is 19.8 Å². The molecule has 0 spiro atoms. The van der Waals surface area contributed by atoms with E-state index in [9.17, 15) is 4.79 Å². The maximum Gasteiger partial charge on any atom is 0.261 e. The third-order valence-electron chi connectivity index (χ3n) is 3.53. The smallest absolute Gasteiger partial charge is 0.261 e. The lowest BCUT2D eigenvalue weighted by Gasteiger charge is -2.09. The van der Waals surface area contributed by atoms with Gasteiger partial charge in [-0.15, -0.1) is 0 Å². The van der Waals surface area contributed by atoms with Crippen LogP contribution in [0.25, 0.3) is 10.9 Å². The van der Waals surface area contributed by atoms with Crippen LogP contribution in [0.2, 0.25) is 5.02 Å². The number of hydrogen-bond donors (Lipinski definition) is 0. The Morgan fingerprint density at radius 3 is 2.67 bits per heavy atom. The summed E-state index contributed by atoms with van der Waals surface area (Å²) in [4.78, 5) is 16.6. The molecule has 1 aromatic heterocycles. The number of ether oxygens (including phenoxy) is 2. The highest BCUT2D eigenvalue weighted by atomic mass is 35.5. The molecule has 0 saturated heterocycles. The van der Waals surface area contributed by atoms with Crippen LogP contribution in [0.4, 0.5) is 0 Å². The maximum atomic E-state index is 12.3. The van der Waals surface area contributed by atoms with E-state index >= 15 is 0 Å². The van der Waals surface area contributed by atoms with E-state index in [0.717, 1.165) is 0 Å². The van der Waals surface area contributed by atoms with Gasteiger partial charge in [0.1, 0.15) is 12.4 Å². The van der Waals surface area contributed by atoms with Crippen molar-refractivity contribution in [3.05, 3.63) is 70.2 Å². The molecule has 0 atom stereocenters. The van der Waals surface area contributed by atoms with Crippen LogP contribution in [0.15, 0.2) is 59.7 Å². The first-order chi connectivity index (χ1) is 11.8. The van der Waals surface area contributed by atoms with Crippen molar-refractivity contribution in [3.8, 4) is 5.75 Å². The van der Waals surface area contributed by atoms with Gasteiger partial charge in [-0.25, -0.2) is 4.98 Å². The Balaban J connectivity index is 1.46. The van der Waals surface area contributed by atoms with Gasteiger partial charge in [-0.3, -0.25) is 9.36 Å². The third kappa shape index (κ3) is 3.93. The molecule has 3 aromatic rings. The third-order valence-corrected chi connectivity index (χ3v) is 3.84. The first-order valence-electron chi connectivity index (χ1n) is 7.65. The second-order valence-corrected chi connectivity index (χ2v) is 5.56. The largest absolute Gasteiger partial charge is 0.490 e. The zero-order valence-electron chi connectivity index (χ0n) is 13.0. The minimum atomic E-state index is -0.0588. The Labute approximate surface area is 144 Å². The molecule has 0 N–H and O–H groups in total. The van der Waals surface area contributed by atoms with Gasteiger partial charge < -0.3 is 9.47 Å². The topological polar surface area (TPSA) is 53.4 Å². The highest BCUT2D eigenvalue weighted by Crippen LogP contribution is 2.22. The molecule has 24 heavy (non-hydrogen) atoms. The van der Waals surface area contributed by atoms with Crippen LogP contribution < -0.4 is 10.3 Å². The number of hydrogen-bond acceptors (Lipinski definition) is 4. The van der Waals surface area contributed by atoms with E-state index in [1.54, 1.807) is 23.0 Å². The summed E-state index contributed by atoms with van der Waals surface area (Å²) < 4.78 is 12.6. The number of benzene rings is 2. The van der Waals surface area contributed by atoms with E-state index in [4.69, 9.17) is 21.1 Å².